The van der Waals surface area contributed by atoms with E-state index in [-0.39, 0.29) is 52.9 Å². The number of benzene rings is 2. The number of hydrogen-bond acceptors (Lipinski definition) is 5. The molecule has 2 N–H and O–H groups in total. The van der Waals surface area contributed by atoms with Crippen molar-refractivity contribution in [3.63, 3.8) is 0 Å². The fourth-order valence-electron chi connectivity index (χ4n) is 4.66. The van der Waals surface area contributed by atoms with E-state index in [1.54, 1.807) is 6.07 Å². The molecule has 0 aromatic heterocycles. The van der Waals surface area contributed by atoms with Gasteiger partial charge in [0.05, 0.1) is 10.0 Å². The minimum Gasteiger partial charge on any atom is -0.491 e. The Labute approximate surface area is 206 Å². The third kappa shape index (κ3) is 6.30. The molecule has 2 saturated heterocycles. The van der Waals surface area contributed by atoms with E-state index in [0.29, 0.717) is 12.3 Å². The summed E-state index contributed by atoms with van der Waals surface area (Å²) < 4.78 is 37.9. The van der Waals surface area contributed by atoms with Gasteiger partial charge in [-0.2, -0.15) is 0 Å². The molecule has 6 nitrogen and oxygen atoms in total. The third-order valence-electron chi connectivity index (χ3n) is 6.34. The highest BCUT2D eigenvalue weighted by Crippen LogP contribution is 2.35. The van der Waals surface area contributed by atoms with Gasteiger partial charge >= 0.3 is 0 Å². The summed E-state index contributed by atoms with van der Waals surface area (Å²) in [5, 5.41) is 13.5. The van der Waals surface area contributed by atoms with Gasteiger partial charge in [-0.3, -0.25) is 9.69 Å². The lowest BCUT2D eigenvalue weighted by Crippen LogP contribution is -2.60. The van der Waals surface area contributed by atoms with E-state index < -0.39 is 17.7 Å². The van der Waals surface area contributed by atoms with Crippen molar-refractivity contribution >= 4 is 29.1 Å². The molecule has 1 aliphatic carbocycles. The predicted molar refractivity (Wildman–Crippen MR) is 124 cm³/mol. The lowest BCUT2D eigenvalue weighted by atomic mass is 9.76. The van der Waals surface area contributed by atoms with Crippen LogP contribution in [0.1, 0.15) is 19.3 Å². The highest BCUT2D eigenvalue weighted by Gasteiger charge is 2.41. The Bertz CT molecular complexity index is 1030. The molecule has 2 heterocycles. The maximum atomic E-state index is 13.5. The summed E-state index contributed by atoms with van der Waals surface area (Å²) in [5.74, 6) is -0.611. The van der Waals surface area contributed by atoms with Crippen LogP contribution in [0.3, 0.4) is 0 Å². The van der Waals surface area contributed by atoms with Gasteiger partial charge in [0.1, 0.15) is 35.8 Å². The summed E-state index contributed by atoms with van der Waals surface area (Å²) in [6.45, 7) is 1.02. The number of nitrogens with one attached hydrogen (secondary N) is 1. The molecule has 2 aliphatic heterocycles. The highest BCUT2D eigenvalue weighted by molar-refractivity contribution is 6.31. The van der Waals surface area contributed by atoms with Crippen LogP contribution >= 0.6 is 23.2 Å². The Kier molecular flexibility index (Phi) is 8.14. The van der Waals surface area contributed by atoms with Gasteiger partial charge in [0.2, 0.25) is 0 Å². The first kappa shape index (κ1) is 25.0. The van der Waals surface area contributed by atoms with E-state index in [1.165, 1.54) is 24.3 Å². The number of aliphatic hydroxyl groups is 1. The molecule has 1 saturated carbocycles. The van der Waals surface area contributed by atoms with Gasteiger partial charge < -0.3 is 19.9 Å². The van der Waals surface area contributed by atoms with E-state index in [1.807, 2.05) is 0 Å². The average molecular weight is 515 g/mol. The molecule has 0 radical (unpaired) electrons. The van der Waals surface area contributed by atoms with Crippen molar-refractivity contribution in [2.75, 3.05) is 26.3 Å². The molecule has 5 rings (SSSR count). The molecule has 4 atom stereocenters. The second-order valence-electron chi connectivity index (χ2n) is 8.76. The summed E-state index contributed by atoms with van der Waals surface area (Å²) in [7, 11) is 0. The minimum atomic E-state index is -0.737. The quantitative estimate of drug-likeness (QED) is 0.528. The standard InChI is InChI=1S/C24H26Cl2F2N2O4/c25-19-5-3-17(8-21(19)27)33-12-16(31)11-30-10-14-1-2-15(30)7-23(14)29-24(32)13-34-18-4-6-20(26)22(28)9-18/h3-6,8-9,14-16,23,31H,1-2,7,10-13H2,(H,29,32)/t14?,15?,16-,23?/m0/s1. The van der Waals surface area contributed by atoms with Crippen molar-refractivity contribution in [2.45, 2.75) is 37.5 Å². The van der Waals surface area contributed by atoms with Crippen LogP contribution < -0.4 is 14.8 Å². The van der Waals surface area contributed by atoms with Gasteiger partial charge in [-0.1, -0.05) is 23.2 Å². The Morgan fingerprint density at radius 2 is 1.74 bits per heavy atom. The molecule has 3 unspecified atom stereocenters. The number of aliphatic hydroxyl groups excluding tert-OH is 1. The molecule has 2 aromatic carbocycles. The highest BCUT2D eigenvalue weighted by atomic mass is 35.5. The third-order valence-corrected chi connectivity index (χ3v) is 6.95. The monoisotopic (exact) mass is 514 g/mol. The number of amides is 1. The number of halogens is 4. The van der Waals surface area contributed by atoms with Crippen molar-refractivity contribution in [3.8, 4) is 11.5 Å². The molecular weight excluding hydrogens is 489 g/mol. The lowest BCUT2D eigenvalue weighted by Gasteiger charge is -2.50. The summed E-state index contributed by atoms with van der Waals surface area (Å²) >= 11 is 11.3. The van der Waals surface area contributed by atoms with Crippen molar-refractivity contribution in [2.24, 2.45) is 5.92 Å². The Hall–Kier alpha value is -2.13. The van der Waals surface area contributed by atoms with Crippen LogP contribution in [0.2, 0.25) is 10.0 Å². The van der Waals surface area contributed by atoms with Gasteiger partial charge in [-0.15, -0.1) is 0 Å². The zero-order chi connectivity index (χ0) is 24.2. The van der Waals surface area contributed by atoms with Crippen LogP contribution in [0.25, 0.3) is 0 Å². The summed E-state index contributed by atoms with van der Waals surface area (Å²) in [5.41, 5.74) is 0. The zero-order valence-electron chi connectivity index (χ0n) is 18.4. The van der Waals surface area contributed by atoms with Gasteiger partial charge in [-0.05, 0) is 49.4 Å². The molecule has 3 fully saturated rings. The predicted octanol–water partition coefficient (Wildman–Crippen LogP) is 4.06. The largest absolute Gasteiger partial charge is 0.491 e. The smallest absolute Gasteiger partial charge is 0.258 e. The molecule has 184 valence electrons. The van der Waals surface area contributed by atoms with E-state index >= 15 is 0 Å². The molecule has 10 heteroatoms. The van der Waals surface area contributed by atoms with Gasteiger partial charge in [0.15, 0.2) is 6.61 Å². The fraction of sp³-hybridized carbons (Fsp3) is 0.458. The van der Waals surface area contributed by atoms with Crippen molar-refractivity contribution in [1.29, 1.82) is 0 Å². The number of rotatable bonds is 9. The van der Waals surface area contributed by atoms with Crippen LogP contribution in [0.5, 0.6) is 11.5 Å². The summed E-state index contributed by atoms with van der Waals surface area (Å²) in [6.07, 6.45) is 2.03. The van der Waals surface area contributed by atoms with Crippen molar-refractivity contribution in [3.05, 3.63) is 58.1 Å². The number of carbonyl (C=O) groups excluding carboxylic acids is 1. The molecule has 34 heavy (non-hydrogen) atoms. The van der Waals surface area contributed by atoms with Crippen LogP contribution in [-0.4, -0.2) is 60.4 Å². The average Bonchev–Trinajstić information content (AvgIpc) is 2.81. The SMILES string of the molecule is O=C(COc1ccc(Cl)c(F)c1)NC1CC2CCC1CN2C[C@H](O)COc1ccc(Cl)c(F)c1. The maximum absolute atomic E-state index is 13.5. The fourth-order valence-corrected chi connectivity index (χ4v) is 4.89. The van der Waals surface area contributed by atoms with Crippen LogP contribution in [-0.2, 0) is 4.79 Å². The van der Waals surface area contributed by atoms with Crippen LogP contribution in [0.4, 0.5) is 8.78 Å². The zero-order valence-corrected chi connectivity index (χ0v) is 19.9. The van der Waals surface area contributed by atoms with E-state index in [2.05, 4.69) is 10.2 Å². The number of fused-ring (bicyclic) bond motifs is 3. The van der Waals surface area contributed by atoms with Gasteiger partial charge in [0.25, 0.3) is 5.91 Å². The molecule has 2 bridgehead atoms. The van der Waals surface area contributed by atoms with E-state index in [0.717, 1.165) is 31.9 Å². The van der Waals surface area contributed by atoms with Crippen molar-refractivity contribution in [1.82, 2.24) is 10.2 Å². The number of ether oxygens (including phenoxy) is 2. The minimum absolute atomic E-state index is 0.00450. The molecular formula is C24H26Cl2F2N2O4. The Balaban J connectivity index is 1.21. The molecule has 0 spiro atoms. The maximum Gasteiger partial charge on any atom is 0.258 e. The molecule has 3 aliphatic rings. The van der Waals surface area contributed by atoms with Crippen LogP contribution in [0.15, 0.2) is 36.4 Å². The summed E-state index contributed by atoms with van der Waals surface area (Å²) in [4.78, 5) is 14.6. The molecule has 2 aromatic rings. The first-order valence-electron chi connectivity index (χ1n) is 11.2. The first-order valence-corrected chi connectivity index (χ1v) is 11.9. The normalized spacial score (nSPS) is 22.9. The number of piperidine rings is 2. The molecule has 1 amide bonds. The Morgan fingerprint density at radius 3 is 2.32 bits per heavy atom. The van der Waals surface area contributed by atoms with Gasteiger partial charge in [-0.25, -0.2) is 8.78 Å². The second kappa shape index (κ2) is 11.1. The number of nitrogens with zero attached hydrogens (tertiary/aromatic N) is 1. The van der Waals surface area contributed by atoms with Gasteiger partial charge in [0, 0.05) is 37.3 Å². The lowest BCUT2D eigenvalue weighted by molar-refractivity contribution is -0.125. The van der Waals surface area contributed by atoms with Crippen molar-refractivity contribution < 1.29 is 28.2 Å². The number of carbonyl (C=O) groups is 1. The number of hydrogen-bond donors (Lipinski definition) is 2. The summed E-state index contributed by atoms with van der Waals surface area (Å²) in [6, 6.07) is 8.47. The van der Waals surface area contributed by atoms with Crippen LogP contribution in [0, 0.1) is 17.6 Å². The van der Waals surface area contributed by atoms with E-state index in [9.17, 15) is 18.7 Å². The van der Waals surface area contributed by atoms with E-state index in [4.69, 9.17) is 32.7 Å². The Morgan fingerprint density at radius 1 is 1.09 bits per heavy atom. The topological polar surface area (TPSA) is 71.0 Å². The second-order valence-corrected chi connectivity index (χ2v) is 9.57. The first-order chi connectivity index (χ1) is 16.3.